The number of rotatable bonds is 4. The van der Waals surface area contributed by atoms with Gasteiger partial charge in [0.05, 0.1) is 6.04 Å². The molecule has 1 heterocycles. The molecule has 1 atom stereocenters. The fourth-order valence-electron chi connectivity index (χ4n) is 1.93. The van der Waals surface area contributed by atoms with Gasteiger partial charge in [-0.05, 0) is 25.1 Å². The number of hydrogen-bond donors (Lipinski definition) is 0. The number of benzene rings is 1. The Hall–Kier alpha value is -2.04. The average Bonchev–Trinajstić information content (AvgIpc) is 2.91. The van der Waals surface area contributed by atoms with Gasteiger partial charge < -0.3 is 14.4 Å². The molecule has 0 aromatic heterocycles. The molecule has 19 heavy (non-hydrogen) atoms. The highest BCUT2D eigenvalue weighted by atomic mass is 16.7. The lowest BCUT2D eigenvalue weighted by Gasteiger charge is -2.23. The van der Waals surface area contributed by atoms with Gasteiger partial charge in [-0.1, -0.05) is 6.92 Å². The lowest BCUT2D eigenvalue weighted by Crippen LogP contribution is -2.40. The van der Waals surface area contributed by atoms with Crippen LogP contribution in [0, 0.1) is 0 Å². The Morgan fingerprint density at radius 1 is 1.32 bits per heavy atom. The summed E-state index contributed by atoms with van der Waals surface area (Å²) in [5.41, 5.74) is 0.521. The molecule has 0 aliphatic carbocycles. The minimum absolute atomic E-state index is 0.0541. The van der Waals surface area contributed by atoms with E-state index in [1.807, 2.05) is 0 Å². The van der Waals surface area contributed by atoms with Gasteiger partial charge >= 0.3 is 0 Å². The predicted molar refractivity (Wildman–Crippen MR) is 69.4 cm³/mol. The molecule has 0 radical (unpaired) electrons. The standard InChI is InChI=1S/C14H17NO4/c1-4-13(16)15(3)9(2)14(17)10-5-6-11-12(7-10)19-8-18-11/h5-7,9H,4,8H2,1-3H3. The fraction of sp³-hybridized carbons (Fsp3) is 0.429. The van der Waals surface area contributed by atoms with Crippen LogP contribution in [0.1, 0.15) is 30.6 Å². The molecule has 1 aromatic carbocycles. The van der Waals surface area contributed by atoms with Gasteiger partial charge in [0.1, 0.15) is 0 Å². The second-order valence-electron chi connectivity index (χ2n) is 4.47. The van der Waals surface area contributed by atoms with Crippen LogP contribution in [0.15, 0.2) is 18.2 Å². The molecule has 102 valence electrons. The Kier molecular flexibility index (Phi) is 3.74. The van der Waals surface area contributed by atoms with Crippen LogP contribution in [0.4, 0.5) is 0 Å². The highest BCUT2D eigenvalue weighted by molar-refractivity contribution is 6.02. The normalized spacial score (nSPS) is 14.1. The Morgan fingerprint density at radius 3 is 2.68 bits per heavy atom. The van der Waals surface area contributed by atoms with Crippen molar-refractivity contribution in [2.45, 2.75) is 26.3 Å². The monoisotopic (exact) mass is 263 g/mol. The van der Waals surface area contributed by atoms with Gasteiger partial charge in [-0.2, -0.15) is 0 Å². The molecule has 0 saturated heterocycles. The smallest absolute Gasteiger partial charge is 0.231 e. The molecule has 2 rings (SSSR count). The van der Waals surface area contributed by atoms with Gasteiger partial charge in [-0.3, -0.25) is 9.59 Å². The number of nitrogens with zero attached hydrogens (tertiary/aromatic N) is 1. The van der Waals surface area contributed by atoms with Gasteiger partial charge in [-0.25, -0.2) is 0 Å². The number of amides is 1. The molecule has 0 N–H and O–H groups in total. The van der Waals surface area contributed by atoms with Crippen molar-refractivity contribution in [1.82, 2.24) is 4.90 Å². The number of likely N-dealkylation sites (N-methyl/N-ethyl adjacent to an activating group) is 1. The Morgan fingerprint density at radius 2 is 2.00 bits per heavy atom. The summed E-state index contributed by atoms with van der Waals surface area (Å²) in [5, 5.41) is 0. The van der Waals surface area contributed by atoms with Crippen molar-refractivity contribution in [3.63, 3.8) is 0 Å². The summed E-state index contributed by atoms with van der Waals surface area (Å²) in [4.78, 5) is 25.4. The third-order valence-electron chi connectivity index (χ3n) is 3.31. The highest BCUT2D eigenvalue weighted by Crippen LogP contribution is 2.32. The van der Waals surface area contributed by atoms with E-state index in [4.69, 9.17) is 9.47 Å². The molecule has 5 nitrogen and oxygen atoms in total. The topological polar surface area (TPSA) is 55.8 Å². The number of fused-ring (bicyclic) bond motifs is 1. The number of hydrogen-bond acceptors (Lipinski definition) is 4. The second-order valence-corrected chi connectivity index (χ2v) is 4.47. The van der Waals surface area contributed by atoms with Crippen molar-refractivity contribution in [3.05, 3.63) is 23.8 Å². The van der Waals surface area contributed by atoms with Crippen LogP contribution in [0.2, 0.25) is 0 Å². The number of carbonyl (C=O) groups is 2. The van der Waals surface area contributed by atoms with Crippen LogP contribution < -0.4 is 9.47 Å². The number of carbonyl (C=O) groups excluding carboxylic acids is 2. The average molecular weight is 263 g/mol. The van der Waals surface area contributed by atoms with E-state index in [2.05, 4.69) is 0 Å². The van der Waals surface area contributed by atoms with Crippen LogP contribution in [0.5, 0.6) is 11.5 Å². The Labute approximate surface area is 112 Å². The number of Topliss-reactive ketones (excluding diaryl/α,β-unsaturated/α-hetero) is 1. The van der Waals surface area contributed by atoms with E-state index >= 15 is 0 Å². The second kappa shape index (κ2) is 5.30. The number of ether oxygens (including phenoxy) is 2. The van der Waals surface area contributed by atoms with E-state index in [0.29, 0.717) is 23.5 Å². The first-order valence-electron chi connectivity index (χ1n) is 6.24. The van der Waals surface area contributed by atoms with E-state index in [1.54, 1.807) is 39.1 Å². The minimum atomic E-state index is -0.493. The zero-order valence-electron chi connectivity index (χ0n) is 11.3. The first-order chi connectivity index (χ1) is 9.04. The van der Waals surface area contributed by atoms with Crippen molar-refractivity contribution in [1.29, 1.82) is 0 Å². The van der Waals surface area contributed by atoms with E-state index in [1.165, 1.54) is 4.90 Å². The van der Waals surface area contributed by atoms with Crippen molar-refractivity contribution < 1.29 is 19.1 Å². The molecule has 1 unspecified atom stereocenters. The third kappa shape index (κ3) is 2.54. The molecule has 0 saturated carbocycles. The van der Waals surface area contributed by atoms with Crippen LogP contribution in [-0.2, 0) is 4.79 Å². The number of ketones is 1. The summed E-state index contributed by atoms with van der Waals surface area (Å²) in [6.07, 6.45) is 0.384. The maximum Gasteiger partial charge on any atom is 0.231 e. The molecule has 5 heteroatoms. The van der Waals surface area contributed by atoms with E-state index < -0.39 is 6.04 Å². The maximum atomic E-state index is 12.3. The molecule has 1 amide bonds. The molecule has 1 aromatic rings. The predicted octanol–water partition coefficient (Wildman–Crippen LogP) is 1.85. The van der Waals surface area contributed by atoms with Crippen molar-refractivity contribution in [2.75, 3.05) is 13.8 Å². The van der Waals surface area contributed by atoms with Gasteiger partial charge in [0.15, 0.2) is 17.3 Å². The first-order valence-corrected chi connectivity index (χ1v) is 6.24. The molecule has 0 fully saturated rings. The Bertz CT molecular complexity index is 512. The van der Waals surface area contributed by atoms with Crippen molar-refractivity contribution >= 4 is 11.7 Å². The molecular weight excluding hydrogens is 246 g/mol. The van der Waals surface area contributed by atoms with Crippen LogP contribution in [0.3, 0.4) is 0 Å². The molecular formula is C14H17NO4. The Balaban J connectivity index is 2.17. The minimum Gasteiger partial charge on any atom is -0.454 e. The van der Waals surface area contributed by atoms with Gasteiger partial charge in [0.25, 0.3) is 0 Å². The summed E-state index contributed by atoms with van der Waals surface area (Å²) in [6.45, 7) is 3.67. The van der Waals surface area contributed by atoms with Crippen molar-refractivity contribution in [3.8, 4) is 11.5 Å². The SMILES string of the molecule is CCC(=O)N(C)C(C)C(=O)c1ccc2c(c1)OCO2. The maximum absolute atomic E-state index is 12.3. The van der Waals surface area contributed by atoms with Gasteiger partial charge in [0.2, 0.25) is 12.7 Å². The third-order valence-corrected chi connectivity index (χ3v) is 3.31. The van der Waals surface area contributed by atoms with Crippen LogP contribution in [0.25, 0.3) is 0 Å². The van der Waals surface area contributed by atoms with E-state index in [-0.39, 0.29) is 18.5 Å². The summed E-state index contributed by atoms with van der Waals surface area (Å²) in [6, 6.07) is 4.57. The van der Waals surface area contributed by atoms with E-state index in [0.717, 1.165) is 0 Å². The largest absolute Gasteiger partial charge is 0.454 e. The van der Waals surface area contributed by atoms with E-state index in [9.17, 15) is 9.59 Å². The lowest BCUT2D eigenvalue weighted by atomic mass is 10.0. The quantitative estimate of drug-likeness (QED) is 0.778. The lowest BCUT2D eigenvalue weighted by molar-refractivity contribution is -0.130. The summed E-state index contributed by atoms with van der Waals surface area (Å²) in [5.74, 6) is 1.05. The molecule has 0 spiro atoms. The fourth-order valence-corrected chi connectivity index (χ4v) is 1.93. The first kappa shape index (κ1) is 13.4. The van der Waals surface area contributed by atoms with Crippen LogP contribution in [-0.4, -0.2) is 36.5 Å². The van der Waals surface area contributed by atoms with Gasteiger partial charge in [0, 0.05) is 19.0 Å². The molecule has 1 aliphatic rings. The summed E-state index contributed by atoms with van der Waals surface area (Å²) in [7, 11) is 1.64. The van der Waals surface area contributed by atoms with Gasteiger partial charge in [-0.15, -0.1) is 0 Å². The summed E-state index contributed by atoms with van der Waals surface area (Å²) < 4.78 is 10.4. The highest BCUT2D eigenvalue weighted by Gasteiger charge is 2.24. The molecule has 1 aliphatic heterocycles. The zero-order valence-corrected chi connectivity index (χ0v) is 11.3. The van der Waals surface area contributed by atoms with Crippen molar-refractivity contribution in [2.24, 2.45) is 0 Å². The van der Waals surface area contributed by atoms with Crippen LogP contribution >= 0.6 is 0 Å². The zero-order chi connectivity index (χ0) is 14.0. The summed E-state index contributed by atoms with van der Waals surface area (Å²) >= 11 is 0. The molecule has 0 bridgehead atoms.